The fraction of sp³-hybridized carbons (Fsp3) is 0.103. The van der Waals surface area contributed by atoms with Gasteiger partial charge in [0.05, 0.1) is 11.0 Å². The Hall–Kier alpha value is -4.58. The lowest BCUT2D eigenvalue weighted by molar-refractivity contribution is 0.460. The van der Waals surface area contributed by atoms with Crippen molar-refractivity contribution in [2.24, 2.45) is 0 Å². The molecule has 0 saturated heterocycles. The third kappa shape index (κ3) is 3.51. The van der Waals surface area contributed by atoms with Crippen LogP contribution in [-0.4, -0.2) is 33.7 Å². The summed E-state index contributed by atoms with van der Waals surface area (Å²) in [5, 5.41) is 13.6. The second-order valence-corrected chi connectivity index (χ2v) is 8.87. The number of aromatic nitrogens is 3. The standard InChI is InChI=1S/C29H24N4O2/c1-18-14-15-30-27(16-18)33-24-7-5-4-6-20(24)21-9-8-19(17-25(21)33)35-28-13-10-22-23(32(2)3)11-12-26(34)29(22)31-28/h4-17,34H,1-3H3. The van der Waals surface area contributed by atoms with E-state index in [1.807, 2.05) is 73.7 Å². The van der Waals surface area contributed by atoms with E-state index in [9.17, 15) is 5.11 Å². The van der Waals surface area contributed by atoms with Crippen LogP contribution in [0.3, 0.4) is 0 Å². The summed E-state index contributed by atoms with van der Waals surface area (Å²) in [4.78, 5) is 11.2. The van der Waals surface area contributed by atoms with Gasteiger partial charge < -0.3 is 14.7 Å². The molecule has 0 fully saturated rings. The molecule has 0 aliphatic carbocycles. The largest absolute Gasteiger partial charge is 0.506 e. The number of para-hydroxylation sites is 1. The number of phenolic OH excluding ortho intramolecular Hbond substituents is 1. The lowest BCUT2D eigenvalue weighted by Crippen LogP contribution is -2.09. The van der Waals surface area contributed by atoms with Crippen LogP contribution in [0.1, 0.15) is 5.56 Å². The van der Waals surface area contributed by atoms with Gasteiger partial charge in [0.15, 0.2) is 0 Å². The lowest BCUT2D eigenvalue weighted by Gasteiger charge is -2.16. The van der Waals surface area contributed by atoms with Crippen molar-refractivity contribution >= 4 is 38.4 Å². The van der Waals surface area contributed by atoms with Crippen molar-refractivity contribution in [3.05, 3.63) is 90.6 Å². The first-order valence-electron chi connectivity index (χ1n) is 11.4. The zero-order valence-corrected chi connectivity index (χ0v) is 19.7. The lowest BCUT2D eigenvalue weighted by atomic mass is 10.1. The molecule has 0 amide bonds. The van der Waals surface area contributed by atoms with E-state index in [1.165, 1.54) is 0 Å². The zero-order chi connectivity index (χ0) is 24.1. The molecule has 6 rings (SSSR count). The Bertz CT molecular complexity index is 1740. The average Bonchev–Trinajstić information content (AvgIpc) is 3.18. The number of rotatable bonds is 4. The molecule has 1 N–H and O–H groups in total. The first-order chi connectivity index (χ1) is 17.0. The van der Waals surface area contributed by atoms with E-state index in [1.54, 1.807) is 6.07 Å². The van der Waals surface area contributed by atoms with Crippen molar-refractivity contribution in [3.63, 3.8) is 0 Å². The van der Waals surface area contributed by atoms with Gasteiger partial charge in [0.2, 0.25) is 5.88 Å². The summed E-state index contributed by atoms with van der Waals surface area (Å²) in [7, 11) is 3.93. The Morgan fingerprint density at radius 1 is 0.829 bits per heavy atom. The molecule has 6 heteroatoms. The first kappa shape index (κ1) is 21.0. The van der Waals surface area contributed by atoms with Crippen LogP contribution in [0.5, 0.6) is 17.4 Å². The molecular weight excluding hydrogens is 436 g/mol. The Morgan fingerprint density at radius 3 is 2.46 bits per heavy atom. The summed E-state index contributed by atoms with van der Waals surface area (Å²) in [5.41, 5.74) is 4.72. The summed E-state index contributed by atoms with van der Waals surface area (Å²) in [5.74, 6) is 2.05. The molecule has 6 nitrogen and oxygen atoms in total. The predicted molar refractivity (Wildman–Crippen MR) is 141 cm³/mol. The van der Waals surface area contributed by atoms with Crippen LogP contribution in [-0.2, 0) is 0 Å². The van der Waals surface area contributed by atoms with E-state index in [0.717, 1.165) is 44.3 Å². The number of aryl methyl sites for hydroxylation is 1. The summed E-state index contributed by atoms with van der Waals surface area (Å²) < 4.78 is 8.35. The van der Waals surface area contributed by atoms with E-state index in [2.05, 4.69) is 45.7 Å². The van der Waals surface area contributed by atoms with Gasteiger partial charge in [0.25, 0.3) is 0 Å². The van der Waals surface area contributed by atoms with Crippen LogP contribution in [0.15, 0.2) is 85.1 Å². The Balaban J connectivity index is 1.49. The highest BCUT2D eigenvalue weighted by Gasteiger charge is 2.15. The van der Waals surface area contributed by atoms with Crippen molar-refractivity contribution in [1.82, 2.24) is 14.5 Å². The quantitative estimate of drug-likeness (QED) is 0.321. The molecule has 0 radical (unpaired) electrons. The Morgan fingerprint density at radius 2 is 1.63 bits per heavy atom. The average molecular weight is 461 g/mol. The molecular formula is C29H24N4O2. The molecule has 6 aromatic rings. The summed E-state index contributed by atoms with van der Waals surface area (Å²) >= 11 is 0. The number of ether oxygens (including phenoxy) is 1. The molecule has 35 heavy (non-hydrogen) atoms. The molecule has 0 aliphatic rings. The maximum absolute atomic E-state index is 10.4. The molecule has 0 atom stereocenters. The SMILES string of the molecule is Cc1ccnc(-n2c3ccccc3c3ccc(Oc4ccc5c(N(C)C)ccc(O)c5n4)cc32)c1. The molecule has 0 spiro atoms. The van der Waals surface area contributed by atoms with E-state index in [-0.39, 0.29) is 5.75 Å². The minimum absolute atomic E-state index is 0.122. The van der Waals surface area contributed by atoms with E-state index in [0.29, 0.717) is 17.1 Å². The topological polar surface area (TPSA) is 63.4 Å². The minimum Gasteiger partial charge on any atom is -0.506 e. The number of pyridine rings is 2. The molecule has 3 heterocycles. The van der Waals surface area contributed by atoms with Gasteiger partial charge in [-0.2, -0.15) is 0 Å². The van der Waals surface area contributed by atoms with Crippen molar-refractivity contribution in [2.75, 3.05) is 19.0 Å². The van der Waals surface area contributed by atoms with Crippen LogP contribution >= 0.6 is 0 Å². The molecule has 172 valence electrons. The van der Waals surface area contributed by atoms with Gasteiger partial charge in [-0.25, -0.2) is 9.97 Å². The fourth-order valence-electron chi connectivity index (χ4n) is 4.64. The third-order valence-corrected chi connectivity index (χ3v) is 6.27. The fourth-order valence-corrected chi connectivity index (χ4v) is 4.64. The highest BCUT2D eigenvalue weighted by molar-refractivity contribution is 6.09. The van der Waals surface area contributed by atoms with Crippen LogP contribution in [0, 0.1) is 6.92 Å². The highest BCUT2D eigenvalue weighted by Crippen LogP contribution is 2.36. The normalized spacial score (nSPS) is 11.4. The van der Waals surface area contributed by atoms with Gasteiger partial charge in [0.1, 0.15) is 22.8 Å². The van der Waals surface area contributed by atoms with E-state index in [4.69, 9.17) is 4.74 Å². The predicted octanol–water partition coefficient (Wildman–Crippen LogP) is 6.60. The van der Waals surface area contributed by atoms with Crippen molar-refractivity contribution in [1.29, 1.82) is 0 Å². The highest BCUT2D eigenvalue weighted by atomic mass is 16.5. The molecule has 0 aliphatic heterocycles. The molecule has 0 saturated carbocycles. The Labute approximate surface area is 202 Å². The number of aromatic hydroxyl groups is 1. The van der Waals surface area contributed by atoms with Gasteiger partial charge in [-0.15, -0.1) is 0 Å². The first-order valence-corrected chi connectivity index (χ1v) is 11.4. The molecule has 0 unspecified atom stereocenters. The van der Waals surface area contributed by atoms with Gasteiger partial charge in [-0.3, -0.25) is 4.57 Å². The minimum atomic E-state index is 0.122. The van der Waals surface area contributed by atoms with Crippen molar-refractivity contribution < 1.29 is 9.84 Å². The van der Waals surface area contributed by atoms with E-state index >= 15 is 0 Å². The van der Waals surface area contributed by atoms with Crippen LogP contribution in [0.2, 0.25) is 0 Å². The van der Waals surface area contributed by atoms with Gasteiger partial charge in [-0.1, -0.05) is 18.2 Å². The monoisotopic (exact) mass is 460 g/mol. The summed E-state index contributed by atoms with van der Waals surface area (Å²) in [6, 6.07) is 25.7. The van der Waals surface area contributed by atoms with Gasteiger partial charge in [0, 0.05) is 54.3 Å². The zero-order valence-electron chi connectivity index (χ0n) is 19.7. The third-order valence-electron chi connectivity index (χ3n) is 6.27. The number of nitrogens with zero attached hydrogens (tertiary/aromatic N) is 4. The second kappa shape index (κ2) is 8.02. The molecule has 3 aromatic heterocycles. The number of hydrogen-bond acceptors (Lipinski definition) is 5. The smallest absolute Gasteiger partial charge is 0.219 e. The number of phenols is 1. The summed E-state index contributed by atoms with van der Waals surface area (Å²) in [6.45, 7) is 2.07. The van der Waals surface area contributed by atoms with Gasteiger partial charge in [-0.05, 0) is 61.0 Å². The molecule has 3 aromatic carbocycles. The second-order valence-electron chi connectivity index (χ2n) is 8.87. The van der Waals surface area contributed by atoms with Crippen molar-refractivity contribution in [3.8, 4) is 23.2 Å². The molecule has 0 bridgehead atoms. The maximum atomic E-state index is 10.4. The number of fused-ring (bicyclic) bond motifs is 4. The van der Waals surface area contributed by atoms with Crippen molar-refractivity contribution in [2.45, 2.75) is 6.92 Å². The maximum Gasteiger partial charge on any atom is 0.219 e. The van der Waals surface area contributed by atoms with Crippen LogP contribution < -0.4 is 9.64 Å². The van der Waals surface area contributed by atoms with Crippen LogP contribution in [0.4, 0.5) is 5.69 Å². The summed E-state index contributed by atoms with van der Waals surface area (Å²) in [6.07, 6.45) is 1.83. The van der Waals surface area contributed by atoms with Gasteiger partial charge >= 0.3 is 0 Å². The number of benzene rings is 3. The van der Waals surface area contributed by atoms with Crippen LogP contribution in [0.25, 0.3) is 38.5 Å². The Kier molecular flexibility index (Phi) is 4.81. The number of hydrogen-bond donors (Lipinski definition) is 1. The number of anilines is 1. The van der Waals surface area contributed by atoms with E-state index < -0.39 is 0 Å².